The highest BCUT2D eigenvalue weighted by atomic mass is 79.9. The molecule has 0 saturated carbocycles. The van der Waals surface area contributed by atoms with Gasteiger partial charge in [0.05, 0.1) is 39.9 Å². The lowest BCUT2D eigenvalue weighted by atomic mass is 10.2. The largest absolute Gasteiger partial charge is 0.506 e. The Bertz CT molecular complexity index is 1630. The molecule has 200 valence electrons. The maximum atomic E-state index is 11.8. The number of halogens is 2. The summed E-state index contributed by atoms with van der Waals surface area (Å²) >= 11 is 6.63. The van der Waals surface area contributed by atoms with Crippen molar-refractivity contribution in [3.05, 3.63) is 105 Å². The predicted octanol–water partition coefficient (Wildman–Crippen LogP) is 7.34. The number of benzene rings is 4. The summed E-state index contributed by atoms with van der Waals surface area (Å²) in [6.07, 6.45) is 0. The van der Waals surface area contributed by atoms with E-state index in [1.54, 1.807) is 42.5 Å². The summed E-state index contributed by atoms with van der Waals surface area (Å²) in [4.78, 5) is 23.7. The van der Waals surface area contributed by atoms with Gasteiger partial charge in [-0.05, 0) is 86.5 Å². The summed E-state index contributed by atoms with van der Waals surface area (Å²) in [6, 6.07) is 25.9. The fourth-order valence-corrected chi connectivity index (χ4v) is 3.89. The van der Waals surface area contributed by atoms with E-state index in [1.807, 2.05) is 24.3 Å². The van der Waals surface area contributed by atoms with Crippen molar-refractivity contribution >= 4 is 66.7 Å². The number of anilines is 4. The van der Waals surface area contributed by atoms with Gasteiger partial charge >= 0.3 is 12.1 Å². The molecule has 0 atom stereocenters. The highest BCUT2D eigenvalue weighted by molar-refractivity contribution is 9.11. The first-order valence-electron chi connectivity index (χ1n) is 11.3. The van der Waals surface area contributed by atoms with E-state index in [-0.39, 0.29) is 28.4 Å². The van der Waals surface area contributed by atoms with Crippen molar-refractivity contribution in [2.75, 3.05) is 21.3 Å². The number of nitriles is 2. The normalized spacial score (nSPS) is 9.60. The fraction of sp³-hybridized carbons (Fsp3) is 0. The van der Waals surface area contributed by atoms with Crippen molar-refractivity contribution in [2.45, 2.75) is 0 Å². The lowest BCUT2D eigenvalue weighted by molar-refractivity contribution is 0.261. The molecular weight excluding hydrogens is 644 g/mol. The van der Waals surface area contributed by atoms with Gasteiger partial charge in [0.15, 0.2) is 5.75 Å². The first-order chi connectivity index (χ1) is 19.2. The number of amides is 4. The van der Waals surface area contributed by atoms with Crippen molar-refractivity contribution in [2.24, 2.45) is 0 Å². The Morgan fingerprint density at radius 2 is 1.12 bits per heavy atom. The SMILES string of the molecule is N#Cc1ccc(NC(=O)Nc2ccccc2Br)c(O)c1.N#Cc1cccc(NC(=O)Nc2ccccc2Br)c1O. The number of nitrogens with zero attached hydrogens (tertiary/aromatic N) is 2. The van der Waals surface area contributed by atoms with Gasteiger partial charge in [0.2, 0.25) is 0 Å². The second-order valence-electron chi connectivity index (χ2n) is 7.78. The van der Waals surface area contributed by atoms with Gasteiger partial charge in [-0.15, -0.1) is 0 Å². The molecule has 10 nitrogen and oxygen atoms in total. The number of nitrogens with one attached hydrogen (secondary N) is 4. The van der Waals surface area contributed by atoms with Crippen LogP contribution in [-0.2, 0) is 0 Å². The summed E-state index contributed by atoms with van der Waals surface area (Å²) in [6.45, 7) is 0. The van der Waals surface area contributed by atoms with Gasteiger partial charge < -0.3 is 31.5 Å². The summed E-state index contributed by atoms with van der Waals surface area (Å²) < 4.78 is 1.49. The Labute approximate surface area is 246 Å². The summed E-state index contributed by atoms with van der Waals surface area (Å²) in [7, 11) is 0. The molecule has 40 heavy (non-hydrogen) atoms. The molecule has 6 N–H and O–H groups in total. The van der Waals surface area contributed by atoms with E-state index in [9.17, 15) is 19.8 Å². The van der Waals surface area contributed by atoms with E-state index >= 15 is 0 Å². The van der Waals surface area contributed by atoms with Gasteiger partial charge in [0.25, 0.3) is 0 Å². The van der Waals surface area contributed by atoms with Crippen LogP contribution in [0.3, 0.4) is 0 Å². The number of phenolic OH excluding ortho intramolecular Hbond substituents is 2. The first kappa shape index (κ1) is 29.5. The third-order valence-corrected chi connectivity index (χ3v) is 6.41. The molecule has 4 rings (SSSR count). The van der Waals surface area contributed by atoms with Gasteiger partial charge in [-0.25, -0.2) is 9.59 Å². The number of rotatable bonds is 4. The van der Waals surface area contributed by atoms with Crippen LogP contribution in [0.2, 0.25) is 0 Å². The number of carbonyl (C=O) groups is 2. The van der Waals surface area contributed by atoms with Crippen LogP contribution in [0, 0.1) is 22.7 Å². The number of hydrogen-bond acceptors (Lipinski definition) is 6. The van der Waals surface area contributed by atoms with Crippen LogP contribution in [0.15, 0.2) is 93.9 Å². The molecule has 4 aromatic carbocycles. The van der Waals surface area contributed by atoms with Crippen LogP contribution in [0.5, 0.6) is 11.5 Å². The summed E-state index contributed by atoms with van der Waals surface area (Å²) in [5.74, 6) is -0.413. The molecule has 0 saturated heterocycles. The molecule has 0 bridgehead atoms. The average Bonchev–Trinajstić information content (AvgIpc) is 2.94. The van der Waals surface area contributed by atoms with E-state index in [1.165, 1.54) is 30.3 Å². The smallest absolute Gasteiger partial charge is 0.323 e. The van der Waals surface area contributed by atoms with Crippen molar-refractivity contribution in [1.82, 2.24) is 0 Å². The van der Waals surface area contributed by atoms with E-state index in [0.717, 1.165) is 8.95 Å². The summed E-state index contributed by atoms with van der Waals surface area (Å²) in [5.41, 5.74) is 2.03. The standard InChI is InChI=1S/2C14H10BrN3O2/c15-10-5-1-2-6-11(10)17-14(20)18-12-7-3-4-9(8-16)13(12)19;15-10-3-1-2-4-11(10)17-14(20)18-12-6-5-9(8-16)7-13(12)19/h2*1-7,19H,(H2,17,18,20). The topological polar surface area (TPSA) is 170 Å². The fourth-order valence-electron chi connectivity index (χ4n) is 3.12. The molecule has 0 aliphatic rings. The Kier molecular flexibility index (Phi) is 10.5. The van der Waals surface area contributed by atoms with Gasteiger partial charge in [-0.3, -0.25) is 0 Å². The van der Waals surface area contributed by atoms with E-state index < -0.39 is 12.1 Å². The maximum Gasteiger partial charge on any atom is 0.323 e. The second kappa shape index (κ2) is 14.2. The zero-order valence-corrected chi connectivity index (χ0v) is 23.6. The molecule has 0 aromatic heterocycles. The molecule has 0 aliphatic carbocycles. The molecular formula is C28H20Br2N6O4. The highest BCUT2D eigenvalue weighted by Crippen LogP contribution is 2.28. The van der Waals surface area contributed by atoms with Gasteiger partial charge in [-0.1, -0.05) is 30.3 Å². The van der Waals surface area contributed by atoms with Gasteiger partial charge in [0, 0.05) is 8.95 Å². The zero-order chi connectivity index (χ0) is 29.1. The van der Waals surface area contributed by atoms with Crippen molar-refractivity contribution in [1.29, 1.82) is 10.5 Å². The molecule has 4 amide bonds. The molecule has 0 radical (unpaired) electrons. The monoisotopic (exact) mass is 662 g/mol. The molecule has 0 spiro atoms. The highest BCUT2D eigenvalue weighted by Gasteiger charge is 2.11. The average molecular weight is 664 g/mol. The lowest BCUT2D eigenvalue weighted by Crippen LogP contribution is -2.19. The number of aromatic hydroxyl groups is 2. The number of hydrogen-bond donors (Lipinski definition) is 6. The number of para-hydroxylation sites is 3. The molecule has 0 unspecified atom stereocenters. The molecule has 4 aromatic rings. The minimum Gasteiger partial charge on any atom is -0.506 e. The molecule has 0 fully saturated rings. The quantitative estimate of drug-likeness (QED) is 0.125. The Balaban J connectivity index is 0.000000220. The Morgan fingerprint density at radius 3 is 1.62 bits per heavy atom. The predicted molar refractivity (Wildman–Crippen MR) is 159 cm³/mol. The van der Waals surface area contributed by atoms with Crippen LogP contribution >= 0.6 is 31.9 Å². The first-order valence-corrected chi connectivity index (χ1v) is 12.9. The van der Waals surface area contributed by atoms with Crippen molar-refractivity contribution in [3.8, 4) is 23.6 Å². The number of urea groups is 2. The van der Waals surface area contributed by atoms with E-state index in [4.69, 9.17) is 10.5 Å². The van der Waals surface area contributed by atoms with Crippen LogP contribution in [0.1, 0.15) is 11.1 Å². The molecule has 0 aliphatic heterocycles. The van der Waals surface area contributed by atoms with Crippen LogP contribution < -0.4 is 21.3 Å². The van der Waals surface area contributed by atoms with Crippen LogP contribution in [0.4, 0.5) is 32.3 Å². The summed E-state index contributed by atoms with van der Waals surface area (Å²) in [5, 5.41) is 47.2. The third kappa shape index (κ3) is 8.23. The van der Waals surface area contributed by atoms with Crippen LogP contribution in [0.25, 0.3) is 0 Å². The number of phenols is 2. The van der Waals surface area contributed by atoms with E-state index in [2.05, 4.69) is 53.1 Å². The Morgan fingerprint density at radius 1 is 0.625 bits per heavy atom. The van der Waals surface area contributed by atoms with Crippen molar-refractivity contribution in [3.63, 3.8) is 0 Å². The van der Waals surface area contributed by atoms with E-state index in [0.29, 0.717) is 16.9 Å². The molecule has 12 heteroatoms. The van der Waals surface area contributed by atoms with Crippen LogP contribution in [-0.4, -0.2) is 22.3 Å². The lowest BCUT2D eigenvalue weighted by Gasteiger charge is -2.10. The minimum absolute atomic E-state index is 0.101. The zero-order valence-electron chi connectivity index (χ0n) is 20.4. The minimum atomic E-state index is -0.512. The van der Waals surface area contributed by atoms with Crippen molar-refractivity contribution < 1.29 is 19.8 Å². The number of carbonyl (C=O) groups excluding carboxylic acids is 2. The second-order valence-corrected chi connectivity index (χ2v) is 9.48. The Hall–Kier alpha value is -5.04. The molecule has 0 heterocycles. The third-order valence-electron chi connectivity index (χ3n) is 5.02. The van der Waals surface area contributed by atoms with Gasteiger partial charge in [-0.2, -0.15) is 10.5 Å². The maximum absolute atomic E-state index is 11.8. The van der Waals surface area contributed by atoms with Gasteiger partial charge in [0.1, 0.15) is 11.8 Å².